The second-order valence-corrected chi connectivity index (χ2v) is 8.95. The van der Waals surface area contributed by atoms with Crippen molar-refractivity contribution >= 4 is 0 Å². The van der Waals surface area contributed by atoms with Crippen LogP contribution in [-0.2, 0) is 9.47 Å². The van der Waals surface area contributed by atoms with Gasteiger partial charge in [-0.15, -0.1) is 5.92 Å². The van der Waals surface area contributed by atoms with Crippen molar-refractivity contribution in [2.75, 3.05) is 26.2 Å². The summed E-state index contributed by atoms with van der Waals surface area (Å²) in [5, 5.41) is 0. The van der Waals surface area contributed by atoms with Crippen LogP contribution >= 0.6 is 0 Å². The van der Waals surface area contributed by atoms with E-state index in [4.69, 9.17) is 9.47 Å². The Labute approximate surface area is 149 Å². The number of ether oxygens (including phenoxy) is 2. The standard InChI is InChI=1S/C21H37NO2/c1-17(2)23-14-13-22-11-8-19(9-12-22)24-20-15-18(16-20)7-6-10-21(3,4)5/h17-20H,8-16H2,1-5H3. The Morgan fingerprint density at radius 1 is 1.08 bits per heavy atom. The van der Waals surface area contributed by atoms with Gasteiger partial charge in [-0.1, -0.05) is 26.7 Å². The van der Waals surface area contributed by atoms with Crippen LogP contribution in [0, 0.1) is 23.2 Å². The van der Waals surface area contributed by atoms with Gasteiger partial charge in [0, 0.05) is 32.0 Å². The van der Waals surface area contributed by atoms with Gasteiger partial charge in [-0.2, -0.15) is 0 Å². The predicted molar refractivity (Wildman–Crippen MR) is 100.0 cm³/mol. The molecular formula is C21H37NO2. The number of likely N-dealkylation sites (tertiary alicyclic amines) is 1. The first-order valence-electron chi connectivity index (χ1n) is 9.79. The Balaban J connectivity index is 1.54. The zero-order chi connectivity index (χ0) is 17.6. The molecule has 0 aromatic heterocycles. The largest absolute Gasteiger partial charge is 0.377 e. The molecule has 2 fully saturated rings. The molecule has 0 aromatic carbocycles. The molecule has 1 saturated carbocycles. The van der Waals surface area contributed by atoms with Gasteiger partial charge in [-0.05, 0) is 44.9 Å². The van der Waals surface area contributed by atoms with E-state index in [0.29, 0.717) is 29.6 Å². The summed E-state index contributed by atoms with van der Waals surface area (Å²) in [6.07, 6.45) is 6.86. The fraction of sp³-hybridized carbons (Fsp3) is 0.905. The van der Waals surface area contributed by atoms with Crippen LogP contribution in [0.25, 0.3) is 0 Å². The number of hydrogen-bond donors (Lipinski definition) is 0. The summed E-state index contributed by atoms with van der Waals surface area (Å²) < 4.78 is 11.9. The van der Waals surface area contributed by atoms with Crippen LogP contribution in [0.15, 0.2) is 0 Å². The first-order valence-corrected chi connectivity index (χ1v) is 9.79. The van der Waals surface area contributed by atoms with Crippen LogP contribution in [0.3, 0.4) is 0 Å². The Hall–Kier alpha value is -0.560. The summed E-state index contributed by atoms with van der Waals surface area (Å²) in [5.74, 6) is 7.37. The normalized spacial score (nSPS) is 26.1. The molecule has 0 aromatic rings. The zero-order valence-corrected chi connectivity index (χ0v) is 16.4. The molecule has 1 saturated heterocycles. The summed E-state index contributed by atoms with van der Waals surface area (Å²) in [4.78, 5) is 2.50. The summed E-state index contributed by atoms with van der Waals surface area (Å²) >= 11 is 0. The summed E-state index contributed by atoms with van der Waals surface area (Å²) in [5.41, 5.74) is 0.320. The van der Waals surface area contributed by atoms with Gasteiger partial charge in [0.1, 0.15) is 0 Å². The number of rotatable bonds is 6. The molecule has 1 aliphatic heterocycles. The second kappa shape index (κ2) is 9.22. The van der Waals surface area contributed by atoms with Crippen molar-refractivity contribution in [3.63, 3.8) is 0 Å². The molecule has 0 spiro atoms. The topological polar surface area (TPSA) is 21.7 Å². The Kier molecular flexibility index (Phi) is 7.60. The lowest BCUT2D eigenvalue weighted by Crippen LogP contribution is -2.42. The molecule has 2 aliphatic rings. The van der Waals surface area contributed by atoms with Crippen LogP contribution in [0.4, 0.5) is 0 Å². The number of hydrogen-bond acceptors (Lipinski definition) is 3. The van der Waals surface area contributed by atoms with Crippen molar-refractivity contribution < 1.29 is 9.47 Å². The predicted octanol–water partition coefficient (Wildman–Crippen LogP) is 4.11. The molecular weight excluding hydrogens is 298 g/mol. The number of piperidine rings is 1. The first-order chi connectivity index (χ1) is 11.3. The van der Waals surface area contributed by atoms with Gasteiger partial charge in [-0.3, -0.25) is 0 Å². The average Bonchev–Trinajstić information content (AvgIpc) is 2.44. The highest BCUT2D eigenvalue weighted by molar-refractivity contribution is 5.09. The molecule has 0 atom stereocenters. The molecule has 3 heteroatoms. The fourth-order valence-electron chi connectivity index (χ4n) is 3.21. The van der Waals surface area contributed by atoms with Gasteiger partial charge in [-0.25, -0.2) is 0 Å². The van der Waals surface area contributed by atoms with Gasteiger partial charge in [0.15, 0.2) is 0 Å². The van der Waals surface area contributed by atoms with E-state index in [1.54, 1.807) is 0 Å². The van der Waals surface area contributed by atoms with Crippen LogP contribution in [-0.4, -0.2) is 49.5 Å². The highest BCUT2D eigenvalue weighted by atomic mass is 16.5. The monoisotopic (exact) mass is 335 g/mol. The van der Waals surface area contributed by atoms with Crippen molar-refractivity contribution in [1.29, 1.82) is 0 Å². The average molecular weight is 336 g/mol. The molecule has 24 heavy (non-hydrogen) atoms. The Morgan fingerprint density at radius 3 is 2.33 bits per heavy atom. The van der Waals surface area contributed by atoms with Crippen molar-refractivity contribution in [2.24, 2.45) is 11.3 Å². The second-order valence-electron chi connectivity index (χ2n) is 8.95. The first kappa shape index (κ1) is 19.8. The SMILES string of the molecule is CC(C)OCCN1CCC(OC2CC(C#CCC(C)(C)C)C2)CC1. The molecule has 0 amide bonds. The molecule has 0 unspecified atom stereocenters. The van der Waals surface area contributed by atoms with Crippen molar-refractivity contribution in [3.05, 3.63) is 0 Å². The minimum atomic E-state index is 0.320. The Bertz CT molecular complexity index is 415. The molecule has 138 valence electrons. The summed E-state index contributed by atoms with van der Waals surface area (Å²) in [6.45, 7) is 15.1. The third kappa shape index (κ3) is 7.55. The number of nitrogens with zero attached hydrogens (tertiary/aromatic N) is 1. The molecule has 1 aliphatic carbocycles. The zero-order valence-electron chi connectivity index (χ0n) is 16.4. The molecule has 0 bridgehead atoms. The maximum Gasteiger partial charge on any atom is 0.0603 e. The van der Waals surface area contributed by atoms with Gasteiger partial charge >= 0.3 is 0 Å². The van der Waals surface area contributed by atoms with Crippen LogP contribution < -0.4 is 0 Å². The van der Waals surface area contributed by atoms with Gasteiger partial charge < -0.3 is 14.4 Å². The van der Waals surface area contributed by atoms with Crippen LogP contribution in [0.5, 0.6) is 0 Å². The van der Waals surface area contributed by atoms with E-state index < -0.39 is 0 Å². The lowest BCUT2D eigenvalue weighted by molar-refractivity contribution is -0.0862. The van der Waals surface area contributed by atoms with E-state index in [2.05, 4.69) is 51.4 Å². The van der Waals surface area contributed by atoms with E-state index in [1.807, 2.05) is 0 Å². The fourth-order valence-corrected chi connectivity index (χ4v) is 3.21. The minimum absolute atomic E-state index is 0.320. The van der Waals surface area contributed by atoms with Crippen LogP contribution in [0.2, 0.25) is 0 Å². The highest BCUT2D eigenvalue weighted by Gasteiger charge is 2.32. The maximum atomic E-state index is 6.27. The summed E-state index contributed by atoms with van der Waals surface area (Å²) in [6, 6.07) is 0. The van der Waals surface area contributed by atoms with Crippen molar-refractivity contribution in [2.45, 2.75) is 85.0 Å². The van der Waals surface area contributed by atoms with Crippen molar-refractivity contribution in [1.82, 2.24) is 4.90 Å². The van der Waals surface area contributed by atoms with Gasteiger partial charge in [0.05, 0.1) is 24.9 Å². The lowest BCUT2D eigenvalue weighted by Gasteiger charge is -2.38. The highest BCUT2D eigenvalue weighted by Crippen LogP contribution is 2.32. The minimum Gasteiger partial charge on any atom is -0.377 e. The van der Waals surface area contributed by atoms with E-state index in [0.717, 1.165) is 45.5 Å². The molecule has 3 nitrogen and oxygen atoms in total. The molecule has 1 heterocycles. The molecule has 2 rings (SSSR count). The lowest BCUT2D eigenvalue weighted by atomic mass is 9.82. The van der Waals surface area contributed by atoms with Crippen molar-refractivity contribution in [3.8, 4) is 11.8 Å². The quantitative estimate of drug-likeness (QED) is 0.682. The smallest absolute Gasteiger partial charge is 0.0603 e. The molecule has 0 radical (unpaired) electrons. The molecule has 0 N–H and O–H groups in total. The van der Waals surface area contributed by atoms with Crippen LogP contribution in [0.1, 0.15) is 66.7 Å². The third-order valence-corrected chi connectivity index (χ3v) is 4.80. The van der Waals surface area contributed by atoms with Gasteiger partial charge in [0.25, 0.3) is 0 Å². The Morgan fingerprint density at radius 2 is 1.75 bits per heavy atom. The van der Waals surface area contributed by atoms with E-state index >= 15 is 0 Å². The summed E-state index contributed by atoms with van der Waals surface area (Å²) in [7, 11) is 0. The maximum absolute atomic E-state index is 6.27. The van der Waals surface area contributed by atoms with E-state index in [9.17, 15) is 0 Å². The van der Waals surface area contributed by atoms with E-state index in [-0.39, 0.29) is 0 Å². The van der Waals surface area contributed by atoms with Gasteiger partial charge in [0.2, 0.25) is 0 Å². The van der Waals surface area contributed by atoms with E-state index in [1.165, 1.54) is 12.8 Å². The third-order valence-electron chi connectivity index (χ3n) is 4.80.